The lowest BCUT2D eigenvalue weighted by atomic mass is 10.1. The Bertz CT molecular complexity index is 869. The minimum Gasteiger partial charge on any atom is -0.398 e. The number of aromatic nitrogens is 1. The highest BCUT2D eigenvalue weighted by atomic mass is 32.2. The Kier molecular flexibility index (Phi) is 3.62. The third-order valence-electron chi connectivity index (χ3n) is 4.27. The van der Waals surface area contributed by atoms with E-state index in [2.05, 4.69) is 59.0 Å². The Labute approximate surface area is 140 Å². The number of likely N-dealkylation sites (N-methyl/N-ethyl adjacent to an activating group) is 1. The molecule has 1 aliphatic heterocycles. The monoisotopic (exact) mass is 323 g/mol. The van der Waals surface area contributed by atoms with E-state index in [1.54, 1.807) is 0 Å². The van der Waals surface area contributed by atoms with Gasteiger partial charge in [-0.15, -0.1) is 0 Å². The lowest BCUT2D eigenvalue weighted by Crippen LogP contribution is -2.29. The van der Waals surface area contributed by atoms with Crippen molar-refractivity contribution in [1.82, 2.24) is 4.90 Å². The quantitative estimate of drug-likeness (QED) is 0.666. The molecule has 3 aromatic rings. The van der Waals surface area contributed by atoms with Crippen molar-refractivity contribution in [2.75, 3.05) is 13.6 Å². The highest BCUT2D eigenvalue weighted by molar-refractivity contribution is 8.03. The van der Waals surface area contributed by atoms with Gasteiger partial charge in [0.2, 0.25) is 5.58 Å². The number of thioether (sulfide) groups is 1. The molecule has 4 rings (SSSR count). The highest BCUT2D eigenvalue weighted by Gasteiger charge is 2.28. The van der Waals surface area contributed by atoms with E-state index in [0.29, 0.717) is 5.25 Å². The number of oxazole rings is 1. The molecule has 0 N–H and O–H groups in total. The van der Waals surface area contributed by atoms with Crippen molar-refractivity contribution in [3.8, 4) is 0 Å². The van der Waals surface area contributed by atoms with Crippen LogP contribution in [0.4, 0.5) is 0 Å². The van der Waals surface area contributed by atoms with Crippen LogP contribution in [0.25, 0.3) is 17.2 Å². The summed E-state index contributed by atoms with van der Waals surface area (Å²) in [6.07, 6.45) is 2.15. The fraction of sp³-hybridized carbons (Fsp3) is 0.211. The number of benzene rings is 2. The normalized spacial score (nSPS) is 19.8. The number of hydrogen-bond donors (Lipinski definition) is 0. The van der Waals surface area contributed by atoms with E-state index in [1.807, 2.05) is 37.0 Å². The van der Waals surface area contributed by atoms with Gasteiger partial charge in [0.15, 0.2) is 0 Å². The Balaban J connectivity index is 1.67. The molecule has 2 aromatic carbocycles. The first-order valence-electron chi connectivity index (χ1n) is 7.74. The van der Waals surface area contributed by atoms with E-state index in [9.17, 15) is 0 Å². The fourth-order valence-electron chi connectivity index (χ4n) is 2.95. The van der Waals surface area contributed by atoms with Crippen LogP contribution in [0.3, 0.4) is 0 Å². The molecule has 2 heterocycles. The van der Waals surface area contributed by atoms with E-state index >= 15 is 0 Å². The molecule has 116 valence electrons. The van der Waals surface area contributed by atoms with Crippen LogP contribution in [-0.2, 0) is 7.05 Å². The molecular formula is C19H19N2OS+. The van der Waals surface area contributed by atoms with Crippen LogP contribution in [0.1, 0.15) is 16.7 Å². The molecule has 0 bridgehead atoms. The van der Waals surface area contributed by atoms with Gasteiger partial charge in [0.05, 0.1) is 16.4 Å². The first-order valence-corrected chi connectivity index (χ1v) is 8.62. The van der Waals surface area contributed by atoms with Crippen LogP contribution in [0, 0.1) is 0 Å². The summed E-state index contributed by atoms with van der Waals surface area (Å²) in [6, 6.07) is 18.8. The first-order chi connectivity index (χ1) is 11.2. The van der Waals surface area contributed by atoms with Crippen molar-refractivity contribution >= 4 is 28.9 Å². The topological polar surface area (TPSA) is 20.3 Å². The summed E-state index contributed by atoms with van der Waals surface area (Å²) in [6.45, 7) is 1.02. The smallest absolute Gasteiger partial charge is 0.376 e. The maximum Gasteiger partial charge on any atom is 0.376 e. The maximum atomic E-state index is 6.00. The second-order valence-corrected chi connectivity index (χ2v) is 7.07. The number of rotatable bonds is 2. The fourth-order valence-corrected chi connectivity index (χ4v) is 4.26. The second-order valence-electron chi connectivity index (χ2n) is 5.85. The van der Waals surface area contributed by atoms with Gasteiger partial charge in [0.25, 0.3) is 5.52 Å². The van der Waals surface area contributed by atoms with Crippen LogP contribution in [0.15, 0.2) is 64.0 Å². The van der Waals surface area contributed by atoms with Gasteiger partial charge in [-0.2, -0.15) is 4.57 Å². The molecule has 1 aliphatic rings. The average molecular weight is 323 g/mol. The Hall–Kier alpha value is -2.20. The first kappa shape index (κ1) is 14.4. The second kappa shape index (κ2) is 5.78. The molecule has 1 atom stereocenters. The molecule has 3 nitrogen and oxygen atoms in total. The van der Waals surface area contributed by atoms with Crippen molar-refractivity contribution < 1.29 is 8.98 Å². The molecule has 0 saturated carbocycles. The van der Waals surface area contributed by atoms with E-state index in [-0.39, 0.29) is 0 Å². The number of aryl methyl sites for hydroxylation is 1. The van der Waals surface area contributed by atoms with Gasteiger partial charge >= 0.3 is 5.89 Å². The zero-order valence-corrected chi connectivity index (χ0v) is 14.1. The summed E-state index contributed by atoms with van der Waals surface area (Å²) in [5.41, 5.74) is 3.42. The standard InChI is InChI=1S/C19H19N2OS/c1-20-13-17(14-8-4-3-5-9-14)23-19(20)12-18-21(2)15-10-6-7-11-16(15)22-18/h3-12,17H,13H2,1-2H3/q+1. The SMILES string of the molecule is CN1CC(c2ccccc2)S/C1=C/c1oc2ccccc2[n+]1C. The molecule has 23 heavy (non-hydrogen) atoms. The van der Waals surface area contributed by atoms with Crippen molar-refractivity contribution in [2.24, 2.45) is 7.05 Å². The van der Waals surface area contributed by atoms with Crippen LogP contribution in [0.2, 0.25) is 0 Å². The minimum absolute atomic E-state index is 0.474. The third-order valence-corrected chi connectivity index (χ3v) is 5.65. The Morgan fingerprint density at radius 1 is 1.13 bits per heavy atom. The van der Waals surface area contributed by atoms with Gasteiger partial charge in [-0.3, -0.25) is 0 Å². The van der Waals surface area contributed by atoms with Crippen LogP contribution < -0.4 is 4.57 Å². The molecule has 4 heteroatoms. The summed E-state index contributed by atoms with van der Waals surface area (Å²) in [4.78, 5) is 2.30. The third kappa shape index (κ3) is 2.63. The number of hydrogen-bond acceptors (Lipinski definition) is 3. The minimum atomic E-state index is 0.474. The van der Waals surface area contributed by atoms with Crippen LogP contribution in [-0.4, -0.2) is 18.5 Å². The largest absolute Gasteiger partial charge is 0.398 e. The Morgan fingerprint density at radius 3 is 2.65 bits per heavy atom. The summed E-state index contributed by atoms with van der Waals surface area (Å²) < 4.78 is 8.10. The molecule has 1 fully saturated rings. The van der Waals surface area contributed by atoms with E-state index in [1.165, 1.54) is 10.6 Å². The van der Waals surface area contributed by atoms with Gasteiger partial charge < -0.3 is 9.32 Å². The van der Waals surface area contributed by atoms with E-state index < -0.39 is 0 Å². The van der Waals surface area contributed by atoms with Crippen molar-refractivity contribution in [3.05, 3.63) is 71.1 Å². The molecule has 0 aliphatic carbocycles. The lowest BCUT2D eigenvalue weighted by Gasteiger charge is -2.10. The molecule has 0 radical (unpaired) electrons. The molecule has 0 spiro atoms. The predicted molar refractivity (Wildman–Crippen MR) is 94.8 cm³/mol. The lowest BCUT2D eigenvalue weighted by molar-refractivity contribution is -0.652. The van der Waals surface area contributed by atoms with E-state index in [0.717, 1.165) is 23.5 Å². The molecular weight excluding hydrogens is 304 g/mol. The van der Waals surface area contributed by atoms with Gasteiger partial charge in [0, 0.05) is 19.7 Å². The summed E-state index contributed by atoms with van der Waals surface area (Å²) in [5, 5.41) is 1.72. The van der Waals surface area contributed by atoms with Crippen molar-refractivity contribution in [2.45, 2.75) is 5.25 Å². The van der Waals surface area contributed by atoms with Crippen molar-refractivity contribution in [3.63, 3.8) is 0 Å². The van der Waals surface area contributed by atoms with Crippen LogP contribution in [0.5, 0.6) is 0 Å². The van der Waals surface area contributed by atoms with Gasteiger partial charge in [-0.1, -0.05) is 54.2 Å². The summed E-state index contributed by atoms with van der Waals surface area (Å²) in [7, 11) is 4.19. The zero-order chi connectivity index (χ0) is 15.8. The molecule has 0 amide bonds. The predicted octanol–water partition coefficient (Wildman–Crippen LogP) is 3.98. The van der Waals surface area contributed by atoms with Crippen LogP contribution >= 0.6 is 11.8 Å². The molecule has 1 saturated heterocycles. The molecule has 1 unspecified atom stereocenters. The van der Waals surface area contributed by atoms with E-state index in [4.69, 9.17) is 4.42 Å². The highest BCUT2D eigenvalue weighted by Crippen LogP contribution is 2.43. The average Bonchev–Trinajstić information content (AvgIpc) is 3.10. The Morgan fingerprint density at radius 2 is 1.87 bits per heavy atom. The summed E-state index contributed by atoms with van der Waals surface area (Å²) in [5.74, 6) is 0.884. The number of para-hydroxylation sites is 2. The zero-order valence-electron chi connectivity index (χ0n) is 13.3. The summed E-state index contributed by atoms with van der Waals surface area (Å²) >= 11 is 1.90. The number of nitrogens with zero attached hydrogens (tertiary/aromatic N) is 2. The van der Waals surface area contributed by atoms with Gasteiger partial charge in [-0.25, -0.2) is 0 Å². The van der Waals surface area contributed by atoms with Crippen molar-refractivity contribution in [1.29, 1.82) is 0 Å². The number of fused-ring (bicyclic) bond motifs is 1. The van der Waals surface area contributed by atoms with Gasteiger partial charge in [0.1, 0.15) is 7.05 Å². The molecule has 1 aromatic heterocycles. The van der Waals surface area contributed by atoms with Gasteiger partial charge in [-0.05, 0) is 11.6 Å². The maximum absolute atomic E-state index is 6.00.